The zero-order chi connectivity index (χ0) is 12.8. The van der Waals surface area contributed by atoms with Crippen LogP contribution in [0, 0.1) is 17.8 Å². The highest BCUT2D eigenvalue weighted by atomic mass is 19.4. The van der Waals surface area contributed by atoms with Gasteiger partial charge in [-0.3, -0.25) is 4.90 Å². The van der Waals surface area contributed by atoms with E-state index in [2.05, 4.69) is 10.2 Å². The first-order valence-corrected chi connectivity index (χ1v) is 7.05. The van der Waals surface area contributed by atoms with Crippen LogP contribution in [0.1, 0.15) is 25.7 Å². The van der Waals surface area contributed by atoms with Crippen molar-refractivity contribution < 1.29 is 13.2 Å². The first-order valence-electron chi connectivity index (χ1n) is 7.05. The van der Waals surface area contributed by atoms with Gasteiger partial charge in [-0.1, -0.05) is 6.42 Å². The van der Waals surface area contributed by atoms with Gasteiger partial charge in [-0.05, 0) is 44.2 Å². The third-order valence-corrected chi connectivity index (χ3v) is 5.04. The summed E-state index contributed by atoms with van der Waals surface area (Å²) < 4.78 is 38.4. The smallest absolute Gasteiger partial charge is 0.316 e. The molecule has 3 aliphatic rings. The van der Waals surface area contributed by atoms with Crippen LogP contribution < -0.4 is 5.32 Å². The molecule has 1 saturated carbocycles. The van der Waals surface area contributed by atoms with Crippen molar-refractivity contribution in [1.82, 2.24) is 10.2 Å². The van der Waals surface area contributed by atoms with Gasteiger partial charge in [0, 0.05) is 19.1 Å². The van der Waals surface area contributed by atoms with Crippen molar-refractivity contribution in [2.75, 3.05) is 26.2 Å². The van der Waals surface area contributed by atoms with Gasteiger partial charge in [0.05, 0.1) is 5.92 Å². The normalized spacial score (nSPS) is 42.2. The molecule has 2 aliphatic heterocycles. The lowest BCUT2D eigenvalue weighted by atomic mass is 9.84. The molecule has 2 heterocycles. The lowest BCUT2D eigenvalue weighted by Gasteiger charge is -2.36. The Bertz CT molecular complexity index is 293. The number of hydrogen-bond donors (Lipinski definition) is 1. The van der Waals surface area contributed by atoms with Gasteiger partial charge in [0.2, 0.25) is 0 Å². The summed E-state index contributed by atoms with van der Waals surface area (Å²) in [6.07, 6.45) is -1.63. The van der Waals surface area contributed by atoms with E-state index in [1.807, 2.05) is 0 Å². The molecule has 2 nitrogen and oxygen atoms in total. The Morgan fingerprint density at radius 3 is 2.28 bits per heavy atom. The molecular formula is C13H21F3N2. The fourth-order valence-electron chi connectivity index (χ4n) is 3.98. The average molecular weight is 262 g/mol. The Morgan fingerprint density at radius 1 is 1.00 bits per heavy atom. The number of hydrogen-bond acceptors (Lipinski definition) is 2. The van der Waals surface area contributed by atoms with Crippen molar-refractivity contribution in [2.45, 2.75) is 37.9 Å². The van der Waals surface area contributed by atoms with Crippen LogP contribution in [0.5, 0.6) is 0 Å². The van der Waals surface area contributed by atoms with Crippen LogP contribution in [0.4, 0.5) is 13.2 Å². The molecule has 0 aromatic carbocycles. The Hall–Kier alpha value is -0.290. The molecule has 104 valence electrons. The van der Waals surface area contributed by atoms with Crippen molar-refractivity contribution in [3.63, 3.8) is 0 Å². The minimum Gasteiger partial charge on any atom is -0.316 e. The molecule has 3 fully saturated rings. The van der Waals surface area contributed by atoms with Crippen molar-refractivity contribution in [3.8, 4) is 0 Å². The van der Waals surface area contributed by atoms with E-state index < -0.39 is 12.1 Å². The minimum absolute atomic E-state index is 0.177. The van der Waals surface area contributed by atoms with Gasteiger partial charge < -0.3 is 5.32 Å². The molecular weight excluding hydrogens is 241 g/mol. The summed E-state index contributed by atoms with van der Waals surface area (Å²) >= 11 is 0. The van der Waals surface area contributed by atoms with Gasteiger partial charge in [0.15, 0.2) is 0 Å². The summed E-state index contributed by atoms with van der Waals surface area (Å²) in [5.41, 5.74) is 0. The highest BCUT2D eigenvalue weighted by molar-refractivity contribution is 4.95. The first-order chi connectivity index (χ1) is 8.54. The Morgan fingerprint density at radius 2 is 1.67 bits per heavy atom. The highest BCUT2D eigenvalue weighted by Crippen LogP contribution is 2.40. The fourth-order valence-corrected chi connectivity index (χ4v) is 3.98. The molecule has 0 spiro atoms. The Kier molecular flexibility index (Phi) is 3.30. The SMILES string of the molecule is FC(F)(F)C1CCCC(N2C[C@H]3CNC[C@H]3C2)C1. The largest absolute Gasteiger partial charge is 0.391 e. The van der Waals surface area contributed by atoms with Gasteiger partial charge in [0.25, 0.3) is 0 Å². The summed E-state index contributed by atoms with van der Waals surface area (Å²) in [7, 11) is 0. The molecule has 1 N–H and O–H groups in total. The molecule has 4 atom stereocenters. The maximum atomic E-state index is 12.8. The maximum Gasteiger partial charge on any atom is 0.391 e. The van der Waals surface area contributed by atoms with E-state index in [1.165, 1.54) is 0 Å². The van der Waals surface area contributed by atoms with Gasteiger partial charge in [0.1, 0.15) is 0 Å². The summed E-state index contributed by atoms with van der Waals surface area (Å²) in [6.45, 7) is 4.12. The van der Waals surface area contributed by atoms with Crippen LogP contribution in [0.3, 0.4) is 0 Å². The second-order valence-corrected chi connectivity index (χ2v) is 6.19. The number of nitrogens with one attached hydrogen (secondary N) is 1. The van der Waals surface area contributed by atoms with Crippen molar-refractivity contribution in [2.24, 2.45) is 17.8 Å². The van der Waals surface area contributed by atoms with Crippen LogP contribution >= 0.6 is 0 Å². The van der Waals surface area contributed by atoms with Gasteiger partial charge in [-0.15, -0.1) is 0 Å². The van der Waals surface area contributed by atoms with Crippen LogP contribution in [0.2, 0.25) is 0 Å². The molecule has 0 aromatic rings. The molecule has 0 amide bonds. The van der Waals surface area contributed by atoms with Crippen LogP contribution in [-0.4, -0.2) is 43.3 Å². The maximum absolute atomic E-state index is 12.8. The van der Waals surface area contributed by atoms with Gasteiger partial charge >= 0.3 is 6.18 Å². The lowest BCUT2D eigenvalue weighted by Crippen LogP contribution is -2.41. The molecule has 2 unspecified atom stereocenters. The molecule has 0 bridgehead atoms. The summed E-state index contributed by atoms with van der Waals surface area (Å²) in [6, 6.07) is 0.177. The van der Waals surface area contributed by atoms with E-state index in [4.69, 9.17) is 0 Å². The number of nitrogens with zero attached hydrogens (tertiary/aromatic N) is 1. The molecule has 3 rings (SSSR count). The number of rotatable bonds is 1. The summed E-state index contributed by atoms with van der Waals surface area (Å²) in [4.78, 5) is 2.34. The highest BCUT2D eigenvalue weighted by Gasteiger charge is 2.45. The van der Waals surface area contributed by atoms with E-state index in [9.17, 15) is 13.2 Å². The fraction of sp³-hybridized carbons (Fsp3) is 1.00. The minimum atomic E-state index is -3.99. The van der Waals surface area contributed by atoms with E-state index in [0.29, 0.717) is 24.7 Å². The van der Waals surface area contributed by atoms with Crippen molar-refractivity contribution >= 4 is 0 Å². The second kappa shape index (κ2) is 4.67. The lowest BCUT2D eigenvalue weighted by molar-refractivity contribution is -0.186. The van der Waals surface area contributed by atoms with E-state index in [-0.39, 0.29) is 6.04 Å². The van der Waals surface area contributed by atoms with Gasteiger partial charge in [-0.2, -0.15) is 13.2 Å². The molecule has 1 aliphatic carbocycles. The number of fused-ring (bicyclic) bond motifs is 1. The molecule has 18 heavy (non-hydrogen) atoms. The second-order valence-electron chi connectivity index (χ2n) is 6.19. The van der Waals surface area contributed by atoms with E-state index >= 15 is 0 Å². The standard InChI is InChI=1S/C13H21F3N2/c14-13(15,16)11-2-1-3-12(4-11)18-7-9-5-17-6-10(9)8-18/h9-12,17H,1-8H2/t9-,10+,11?,12?. The quantitative estimate of drug-likeness (QED) is 0.780. The zero-order valence-corrected chi connectivity index (χ0v) is 10.5. The predicted octanol–water partition coefficient (Wildman–Crippen LogP) is 2.26. The average Bonchev–Trinajstić information content (AvgIpc) is 2.88. The number of likely N-dealkylation sites (tertiary alicyclic amines) is 1. The third kappa shape index (κ3) is 2.39. The number of halogens is 3. The third-order valence-electron chi connectivity index (χ3n) is 5.04. The Labute approximate surface area is 106 Å². The van der Waals surface area contributed by atoms with Crippen molar-refractivity contribution in [1.29, 1.82) is 0 Å². The monoisotopic (exact) mass is 262 g/mol. The van der Waals surface area contributed by atoms with E-state index in [0.717, 1.165) is 39.0 Å². The molecule has 0 radical (unpaired) electrons. The topological polar surface area (TPSA) is 15.3 Å². The van der Waals surface area contributed by atoms with E-state index in [1.54, 1.807) is 0 Å². The molecule has 0 aromatic heterocycles. The van der Waals surface area contributed by atoms with Crippen LogP contribution in [-0.2, 0) is 0 Å². The van der Waals surface area contributed by atoms with Crippen LogP contribution in [0.25, 0.3) is 0 Å². The predicted molar refractivity (Wildman–Crippen MR) is 63.2 cm³/mol. The van der Waals surface area contributed by atoms with Crippen molar-refractivity contribution in [3.05, 3.63) is 0 Å². The first kappa shape index (κ1) is 12.7. The molecule has 2 saturated heterocycles. The van der Waals surface area contributed by atoms with Gasteiger partial charge in [-0.25, -0.2) is 0 Å². The summed E-state index contributed by atoms with van der Waals surface area (Å²) in [5.74, 6) is 0.294. The number of alkyl halides is 3. The van der Waals surface area contributed by atoms with Crippen LogP contribution in [0.15, 0.2) is 0 Å². The Balaban J connectivity index is 1.60. The zero-order valence-electron chi connectivity index (χ0n) is 10.5. The summed E-state index contributed by atoms with van der Waals surface area (Å²) in [5, 5.41) is 3.37. The molecule has 5 heteroatoms.